The monoisotopic (exact) mass is 407 g/mol. The van der Waals surface area contributed by atoms with Crippen LogP contribution in [0.1, 0.15) is 0 Å². The molecule has 1 aromatic carbocycles. The number of fused-ring (bicyclic) bond motifs is 1. The minimum Gasteiger partial charge on any atom is -0.460 e. The summed E-state index contributed by atoms with van der Waals surface area (Å²) in [6, 6.07) is 3.45. The second-order valence-electron chi connectivity index (χ2n) is 5.28. The molecule has 1 fully saturated rings. The highest BCUT2D eigenvalue weighted by Gasteiger charge is 2.44. The van der Waals surface area contributed by atoms with Crippen LogP contribution >= 0.6 is 27.5 Å². The van der Waals surface area contributed by atoms with E-state index in [-0.39, 0.29) is 0 Å². The zero-order valence-corrected chi connectivity index (χ0v) is 14.0. The molecule has 1 aliphatic rings. The van der Waals surface area contributed by atoms with Crippen molar-refractivity contribution < 1.29 is 29.9 Å². The molecule has 1 aromatic heterocycles. The maximum atomic E-state index is 10.0. The van der Waals surface area contributed by atoms with Crippen LogP contribution in [0.2, 0.25) is 5.02 Å². The van der Waals surface area contributed by atoms with Crippen molar-refractivity contribution in [3.63, 3.8) is 0 Å². The number of aromatic nitrogens is 1. The topological polar surface area (TPSA) is 115 Å². The number of hydrogen-bond donors (Lipinski definition) is 5. The van der Waals surface area contributed by atoms with E-state index in [0.717, 1.165) is 5.52 Å². The number of H-pyrrole nitrogens is 1. The Kier molecular flexibility index (Phi) is 4.84. The molecule has 0 saturated carbocycles. The summed E-state index contributed by atoms with van der Waals surface area (Å²) in [7, 11) is 0. The Morgan fingerprint density at radius 3 is 2.65 bits per heavy atom. The first-order valence-electron chi connectivity index (χ1n) is 6.85. The quantitative estimate of drug-likeness (QED) is 0.512. The predicted octanol–water partition coefficient (Wildman–Crippen LogP) is 0.762. The Balaban J connectivity index is 1.88. The Labute approximate surface area is 144 Å². The molecule has 1 aliphatic heterocycles. The van der Waals surface area contributed by atoms with Gasteiger partial charge in [-0.25, -0.2) is 0 Å². The van der Waals surface area contributed by atoms with E-state index in [9.17, 15) is 20.4 Å². The standard InChI is InChI=1S/C14H15BrClNO6/c15-6-1-5-8(2-7(6)16)17-3-9(5)22-14-13(21)12(20)11(19)10(4-18)23-14/h1-3,10-14,17-21H,4H2/t10-,11+,12+,13+,14+/m0/s1. The smallest absolute Gasteiger partial charge is 0.229 e. The predicted molar refractivity (Wildman–Crippen MR) is 85.4 cm³/mol. The van der Waals surface area contributed by atoms with E-state index < -0.39 is 37.3 Å². The van der Waals surface area contributed by atoms with Crippen LogP contribution in [-0.2, 0) is 4.74 Å². The van der Waals surface area contributed by atoms with Crippen molar-refractivity contribution in [2.75, 3.05) is 6.61 Å². The van der Waals surface area contributed by atoms with Gasteiger partial charge in [0.25, 0.3) is 0 Å². The molecule has 2 heterocycles. The van der Waals surface area contributed by atoms with E-state index in [2.05, 4.69) is 20.9 Å². The third-order valence-electron chi connectivity index (χ3n) is 3.78. The molecule has 1 saturated heterocycles. The zero-order chi connectivity index (χ0) is 16.7. The molecule has 0 spiro atoms. The van der Waals surface area contributed by atoms with Crippen molar-refractivity contribution in [3.05, 3.63) is 27.8 Å². The highest BCUT2D eigenvalue weighted by molar-refractivity contribution is 9.10. The molecule has 126 valence electrons. The van der Waals surface area contributed by atoms with E-state index in [4.69, 9.17) is 21.1 Å². The van der Waals surface area contributed by atoms with Crippen LogP contribution in [0.25, 0.3) is 10.9 Å². The van der Waals surface area contributed by atoms with Crippen molar-refractivity contribution in [1.82, 2.24) is 4.98 Å². The van der Waals surface area contributed by atoms with Crippen LogP contribution in [0.3, 0.4) is 0 Å². The minimum atomic E-state index is -1.49. The van der Waals surface area contributed by atoms with Crippen molar-refractivity contribution in [2.45, 2.75) is 30.7 Å². The maximum absolute atomic E-state index is 10.0. The van der Waals surface area contributed by atoms with Gasteiger partial charge in [0, 0.05) is 16.1 Å². The number of halogens is 2. The van der Waals surface area contributed by atoms with Gasteiger partial charge in [0.1, 0.15) is 30.2 Å². The van der Waals surface area contributed by atoms with Gasteiger partial charge in [-0.1, -0.05) is 11.6 Å². The fraction of sp³-hybridized carbons (Fsp3) is 0.429. The van der Waals surface area contributed by atoms with Gasteiger partial charge in [0.2, 0.25) is 6.29 Å². The first-order valence-corrected chi connectivity index (χ1v) is 8.02. The SMILES string of the molecule is OC[C@@H]1O[C@@H](Oc2c[nH]c3cc(Cl)c(Br)cc23)[C@H](O)[C@H](O)[C@@H]1O. The van der Waals surface area contributed by atoms with Crippen molar-refractivity contribution in [1.29, 1.82) is 0 Å². The second-order valence-corrected chi connectivity index (χ2v) is 6.54. The van der Waals surface area contributed by atoms with Gasteiger partial charge in [0.15, 0.2) is 0 Å². The second kappa shape index (κ2) is 6.56. The van der Waals surface area contributed by atoms with Gasteiger partial charge < -0.3 is 34.9 Å². The first kappa shape index (κ1) is 17.0. The van der Waals surface area contributed by atoms with Crippen LogP contribution in [0.15, 0.2) is 22.8 Å². The third-order valence-corrected chi connectivity index (χ3v) is 4.97. The number of rotatable bonds is 3. The molecule has 0 radical (unpaired) electrons. The zero-order valence-electron chi connectivity index (χ0n) is 11.7. The molecule has 0 unspecified atom stereocenters. The molecule has 0 bridgehead atoms. The van der Waals surface area contributed by atoms with Crippen molar-refractivity contribution in [2.24, 2.45) is 0 Å². The number of nitrogens with one attached hydrogen (secondary N) is 1. The van der Waals surface area contributed by atoms with Gasteiger partial charge in [-0.2, -0.15) is 0 Å². The molecule has 5 atom stereocenters. The number of ether oxygens (including phenoxy) is 2. The lowest BCUT2D eigenvalue weighted by Gasteiger charge is -2.39. The van der Waals surface area contributed by atoms with Crippen LogP contribution in [0, 0.1) is 0 Å². The average molecular weight is 409 g/mol. The summed E-state index contributed by atoms with van der Waals surface area (Å²) < 4.78 is 11.6. The molecule has 0 amide bonds. The Morgan fingerprint density at radius 2 is 1.96 bits per heavy atom. The fourth-order valence-electron chi connectivity index (χ4n) is 2.48. The number of hydrogen-bond acceptors (Lipinski definition) is 6. The number of aliphatic hydroxyl groups is 4. The summed E-state index contributed by atoms with van der Waals surface area (Å²) in [4.78, 5) is 2.98. The number of benzene rings is 1. The first-order chi connectivity index (χ1) is 10.9. The molecule has 23 heavy (non-hydrogen) atoms. The highest BCUT2D eigenvalue weighted by atomic mass is 79.9. The Morgan fingerprint density at radius 1 is 1.22 bits per heavy atom. The minimum absolute atomic E-state index is 0.377. The van der Waals surface area contributed by atoms with Gasteiger partial charge in [-0.05, 0) is 28.1 Å². The van der Waals surface area contributed by atoms with Gasteiger partial charge in [-0.15, -0.1) is 0 Å². The molecular formula is C14H15BrClNO6. The van der Waals surface area contributed by atoms with Crippen LogP contribution in [0.4, 0.5) is 0 Å². The van der Waals surface area contributed by atoms with Gasteiger partial charge in [0.05, 0.1) is 17.1 Å². The average Bonchev–Trinajstić information content (AvgIpc) is 2.90. The van der Waals surface area contributed by atoms with Gasteiger partial charge in [-0.3, -0.25) is 0 Å². The molecule has 7 nitrogen and oxygen atoms in total. The van der Waals surface area contributed by atoms with E-state index in [1.165, 1.54) is 0 Å². The summed E-state index contributed by atoms with van der Waals surface area (Å²) in [6.45, 7) is -0.514. The third kappa shape index (κ3) is 3.08. The summed E-state index contributed by atoms with van der Waals surface area (Å²) in [6.07, 6.45) is -5.07. The lowest BCUT2D eigenvalue weighted by atomic mass is 9.99. The molecule has 2 aromatic rings. The largest absolute Gasteiger partial charge is 0.460 e. The van der Waals surface area contributed by atoms with E-state index >= 15 is 0 Å². The van der Waals surface area contributed by atoms with E-state index in [0.29, 0.717) is 20.6 Å². The molecule has 5 N–H and O–H groups in total. The Bertz CT molecular complexity index is 708. The maximum Gasteiger partial charge on any atom is 0.229 e. The molecule has 9 heteroatoms. The fourth-order valence-corrected chi connectivity index (χ4v) is 2.99. The molecule has 0 aliphatic carbocycles. The summed E-state index contributed by atoms with van der Waals surface area (Å²) in [5.74, 6) is 0.377. The van der Waals surface area contributed by atoms with Crippen molar-refractivity contribution >= 4 is 38.4 Å². The lowest BCUT2D eigenvalue weighted by Crippen LogP contribution is -2.60. The van der Waals surface area contributed by atoms with Crippen LogP contribution in [-0.4, -0.2) is 62.7 Å². The molecule has 3 rings (SSSR count). The highest BCUT2D eigenvalue weighted by Crippen LogP contribution is 2.34. The van der Waals surface area contributed by atoms with Crippen LogP contribution < -0.4 is 4.74 Å². The van der Waals surface area contributed by atoms with Gasteiger partial charge >= 0.3 is 0 Å². The number of aromatic amines is 1. The lowest BCUT2D eigenvalue weighted by molar-refractivity contribution is -0.277. The normalized spacial score (nSPS) is 31.5. The van der Waals surface area contributed by atoms with E-state index in [1.807, 2.05) is 0 Å². The van der Waals surface area contributed by atoms with Crippen LogP contribution in [0.5, 0.6) is 5.75 Å². The van der Waals surface area contributed by atoms with E-state index in [1.54, 1.807) is 18.3 Å². The van der Waals surface area contributed by atoms with Crippen molar-refractivity contribution in [3.8, 4) is 5.75 Å². The summed E-state index contributed by atoms with van der Waals surface area (Å²) >= 11 is 9.35. The Hall–Kier alpha value is -0.870. The summed E-state index contributed by atoms with van der Waals surface area (Å²) in [5.41, 5.74) is 0.720. The summed E-state index contributed by atoms with van der Waals surface area (Å²) in [5, 5.41) is 40.0. The molecular weight excluding hydrogens is 394 g/mol. The number of aliphatic hydroxyl groups excluding tert-OH is 4.